The van der Waals surface area contributed by atoms with Crippen LogP contribution in [0.1, 0.15) is 40.0 Å². The van der Waals surface area contributed by atoms with Crippen molar-refractivity contribution in [3.8, 4) is 0 Å². The molecule has 0 spiro atoms. The van der Waals surface area contributed by atoms with Gasteiger partial charge in [-0.1, -0.05) is 20.8 Å². The van der Waals surface area contributed by atoms with Gasteiger partial charge in [0.05, 0.1) is 6.10 Å². The van der Waals surface area contributed by atoms with Crippen LogP contribution in [0, 0.1) is 11.3 Å². The highest BCUT2D eigenvalue weighted by molar-refractivity contribution is 5.83. The quantitative estimate of drug-likeness (QED) is 0.766. The van der Waals surface area contributed by atoms with Crippen LogP contribution in [0.25, 0.3) is 0 Å². The molecule has 0 saturated carbocycles. The van der Waals surface area contributed by atoms with E-state index < -0.39 is 18.1 Å². The maximum absolute atomic E-state index is 12.5. The SMILES string of the molecule is CC(C)(C)C1CCN(C(=O)N2C[C@H](O)C[C@@H]2C(=O)O)CC1. The first-order chi connectivity index (χ1) is 9.70. The Morgan fingerprint density at radius 2 is 1.71 bits per heavy atom. The van der Waals surface area contributed by atoms with E-state index in [1.165, 1.54) is 4.90 Å². The van der Waals surface area contributed by atoms with E-state index in [9.17, 15) is 19.8 Å². The summed E-state index contributed by atoms with van der Waals surface area (Å²) < 4.78 is 0. The van der Waals surface area contributed by atoms with Gasteiger partial charge in [0.1, 0.15) is 6.04 Å². The molecule has 2 atom stereocenters. The van der Waals surface area contributed by atoms with Crippen LogP contribution in [0.3, 0.4) is 0 Å². The average Bonchev–Trinajstić information content (AvgIpc) is 2.79. The lowest BCUT2D eigenvalue weighted by molar-refractivity contribution is -0.141. The molecular formula is C15H26N2O4. The molecule has 0 unspecified atom stereocenters. The van der Waals surface area contributed by atoms with Crippen molar-refractivity contribution in [2.45, 2.75) is 52.2 Å². The molecule has 2 fully saturated rings. The molecule has 2 N–H and O–H groups in total. The van der Waals surface area contributed by atoms with E-state index in [0.717, 1.165) is 12.8 Å². The molecule has 0 bridgehead atoms. The summed E-state index contributed by atoms with van der Waals surface area (Å²) in [4.78, 5) is 26.7. The number of aliphatic carboxylic acids is 1. The summed E-state index contributed by atoms with van der Waals surface area (Å²) in [6.07, 6.45) is 1.29. The summed E-state index contributed by atoms with van der Waals surface area (Å²) in [6, 6.07) is -1.14. The molecule has 6 nitrogen and oxygen atoms in total. The van der Waals surface area contributed by atoms with E-state index in [2.05, 4.69) is 20.8 Å². The number of carboxylic acids is 1. The molecule has 2 saturated heterocycles. The van der Waals surface area contributed by atoms with Crippen molar-refractivity contribution in [1.82, 2.24) is 9.80 Å². The van der Waals surface area contributed by atoms with E-state index in [1.807, 2.05) is 0 Å². The van der Waals surface area contributed by atoms with Gasteiger partial charge in [-0.2, -0.15) is 0 Å². The predicted octanol–water partition coefficient (Wildman–Crippen LogP) is 1.38. The normalized spacial score (nSPS) is 28.0. The number of carbonyl (C=O) groups excluding carboxylic acids is 1. The van der Waals surface area contributed by atoms with E-state index in [1.54, 1.807) is 4.90 Å². The smallest absolute Gasteiger partial charge is 0.326 e. The summed E-state index contributed by atoms with van der Waals surface area (Å²) in [7, 11) is 0. The number of rotatable bonds is 1. The lowest BCUT2D eigenvalue weighted by Gasteiger charge is -2.40. The maximum Gasteiger partial charge on any atom is 0.326 e. The summed E-state index contributed by atoms with van der Waals surface area (Å²) in [6.45, 7) is 8.10. The minimum Gasteiger partial charge on any atom is -0.480 e. The van der Waals surface area contributed by atoms with Gasteiger partial charge in [-0.15, -0.1) is 0 Å². The zero-order chi connectivity index (χ0) is 15.8. The Bertz CT molecular complexity index is 410. The maximum atomic E-state index is 12.5. The third-order valence-corrected chi connectivity index (χ3v) is 4.80. The Kier molecular flexibility index (Phi) is 4.46. The van der Waals surface area contributed by atoms with Crippen LogP contribution >= 0.6 is 0 Å². The van der Waals surface area contributed by atoms with Gasteiger partial charge >= 0.3 is 12.0 Å². The summed E-state index contributed by atoms with van der Waals surface area (Å²) in [5.41, 5.74) is 0.239. The largest absolute Gasteiger partial charge is 0.480 e. The van der Waals surface area contributed by atoms with Crippen molar-refractivity contribution in [2.24, 2.45) is 11.3 Å². The molecular weight excluding hydrogens is 272 g/mol. The Hall–Kier alpha value is -1.30. The van der Waals surface area contributed by atoms with Gasteiger partial charge in [-0.3, -0.25) is 0 Å². The number of carbonyl (C=O) groups is 2. The van der Waals surface area contributed by atoms with Crippen molar-refractivity contribution < 1.29 is 19.8 Å². The van der Waals surface area contributed by atoms with Crippen LogP contribution in [0.5, 0.6) is 0 Å². The van der Waals surface area contributed by atoms with Gasteiger partial charge in [-0.25, -0.2) is 9.59 Å². The topological polar surface area (TPSA) is 81.1 Å². The van der Waals surface area contributed by atoms with Crippen molar-refractivity contribution >= 4 is 12.0 Å². The van der Waals surface area contributed by atoms with Gasteiger partial charge < -0.3 is 20.0 Å². The predicted molar refractivity (Wildman–Crippen MR) is 77.9 cm³/mol. The molecule has 2 aliphatic rings. The van der Waals surface area contributed by atoms with E-state index in [4.69, 9.17) is 0 Å². The zero-order valence-corrected chi connectivity index (χ0v) is 13.1. The molecule has 21 heavy (non-hydrogen) atoms. The molecule has 0 aromatic rings. The van der Waals surface area contributed by atoms with E-state index >= 15 is 0 Å². The minimum absolute atomic E-state index is 0.120. The van der Waals surface area contributed by atoms with Gasteiger partial charge in [-0.05, 0) is 24.2 Å². The van der Waals surface area contributed by atoms with Crippen molar-refractivity contribution in [2.75, 3.05) is 19.6 Å². The molecule has 120 valence electrons. The third-order valence-electron chi connectivity index (χ3n) is 4.80. The lowest BCUT2D eigenvalue weighted by Crippen LogP contribution is -2.51. The fourth-order valence-corrected chi connectivity index (χ4v) is 3.38. The van der Waals surface area contributed by atoms with Gasteiger partial charge in [0.15, 0.2) is 0 Å². The number of piperidine rings is 1. The summed E-state index contributed by atoms with van der Waals surface area (Å²) in [5, 5.41) is 18.8. The molecule has 0 aromatic carbocycles. The highest BCUT2D eigenvalue weighted by Crippen LogP contribution is 2.34. The third kappa shape index (κ3) is 3.48. The number of urea groups is 1. The zero-order valence-electron chi connectivity index (χ0n) is 13.1. The Morgan fingerprint density at radius 3 is 2.19 bits per heavy atom. The standard InChI is InChI=1S/C15H26N2O4/c1-15(2,3)10-4-6-16(7-5-10)14(21)17-9-11(18)8-12(17)13(19)20/h10-12,18H,4-9H2,1-3H3,(H,19,20)/t11-,12-/m1/s1. The monoisotopic (exact) mass is 298 g/mol. The second kappa shape index (κ2) is 5.83. The highest BCUT2D eigenvalue weighted by Gasteiger charge is 2.41. The van der Waals surface area contributed by atoms with Crippen LogP contribution in [-0.4, -0.2) is 63.8 Å². The van der Waals surface area contributed by atoms with Gasteiger partial charge in [0.2, 0.25) is 0 Å². The van der Waals surface area contributed by atoms with E-state index in [-0.39, 0.29) is 24.4 Å². The second-order valence-electron chi connectivity index (χ2n) is 7.31. The highest BCUT2D eigenvalue weighted by atomic mass is 16.4. The average molecular weight is 298 g/mol. The second-order valence-corrected chi connectivity index (χ2v) is 7.31. The van der Waals surface area contributed by atoms with Crippen LogP contribution in [-0.2, 0) is 4.79 Å². The number of aliphatic hydroxyl groups is 1. The summed E-state index contributed by atoms with van der Waals surface area (Å²) in [5.74, 6) is -0.453. The van der Waals surface area contributed by atoms with Crippen molar-refractivity contribution in [3.05, 3.63) is 0 Å². The number of amides is 2. The van der Waals surface area contributed by atoms with Crippen LogP contribution in [0.15, 0.2) is 0 Å². The number of nitrogens with zero attached hydrogens (tertiary/aromatic N) is 2. The Balaban J connectivity index is 1.97. The number of carboxylic acid groups (broad SMARTS) is 1. The van der Waals surface area contributed by atoms with Crippen LogP contribution in [0.2, 0.25) is 0 Å². The number of hydrogen-bond acceptors (Lipinski definition) is 3. The van der Waals surface area contributed by atoms with Crippen LogP contribution < -0.4 is 0 Å². The first-order valence-electron chi connectivity index (χ1n) is 7.66. The number of likely N-dealkylation sites (tertiary alicyclic amines) is 2. The fraction of sp³-hybridized carbons (Fsp3) is 0.867. The van der Waals surface area contributed by atoms with Crippen LogP contribution in [0.4, 0.5) is 4.79 Å². The molecule has 0 aliphatic carbocycles. The molecule has 2 heterocycles. The van der Waals surface area contributed by atoms with Crippen molar-refractivity contribution in [1.29, 1.82) is 0 Å². The molecule has 2 rings (SSSR count). The van der Waals surface area contributed by atoms with Crippen molar-refractivity contribution in [3.63, 3.8) is 0 Å². The molecule has 0 radical (unpaired) electrons. The number of hydrogen-bond donors (Lipinski definition) is 2. The summed E-state index contributed by atoms with van der Waals surface area (Å²) >= 11 is 0. The lowest BCUT2D eigenvalue weighted by atomic mass is 9.75. The minimum atomic E-state index is -1.04. The first kappa shape index (κ1) is 16.1. The molecule has 2 amide bonds. The molecule has 0 aromatic heterocycles. The molecule has 2 aliphatic heterocycles. The number of aliphatic hydroxyl groups excluding tert-OH is 1. The first-order valence-corrected chi connectivity index (χ1v) is 7.66. The van der Waals surface area contributed by atoms with E-state index in [0.29, 0.717) is 19.0 Å². The number of β-amino-alcohol motifs (C(OH)–C–C–N with tert-alkyl or cyclic N) is 1. The molecule has 6 heteroatoms. The van der Waals surface area contributed by atoms with Gasteiger partial charge in [0.25, 0.3) is 0 Å². The Labute approximate surface area is 125 Å². The fourth-order valence-electron chi connectivity index (χ4n) is 3.38. The van der Waals surface area contributed by atoms with Gasteiger partial charge in [0, 0.05) is 26.1 Å². The Morgan fingerprint density at radius 1 is 1.14 bits per heavy atom.